The van der Waals surface area contributed by atoms with Crippen molar-refractivity contribution in [3.05, 3.63) is 0 Å². The Hall–Kier alpha value is -1.59. The number of amides is 2. The Morgan fingerprint density at radius 2 is 1.40 bits per heavy atom. The molecule has 6 heteroatoms. The summed E-state index contributed by atoms with van der Waals surface area (Å²) >= 11 is 0. The van der Waals surface area contributed by atoms with Gasteiger partial charge in [0.1, 0.15) is 0 Å². The highest BCUT2D eigenvalue weighted by molar-refractivity contribution is 5.88. The van der Waals surface area contributed by atoms with Gasteiger partial charge in [0.2, 0.25) is 11.8 Å². The minimum absolute atomic E-state index is 0.0521. The summed E-state index contributed by atoms with van der Waals surface area (Å²) in [7, 11) is 0. The first-order valence-corrected chi connectivity index (χ1v) is 9.74. The Morgan fingerprint density at radius 1 is 0.880 bits per heavy atom. The third kappa shape index (κ3) is 2.93. The lowest BCUT2D eigenvalue weighted by Gasteiger charge is -2.55. The topological polar surface area (TPSA) is 95.5 Å². The number of nitrogens with one attached hydrogen (secondary N) is 2. The number of hydrazine groups is 1. The van der Waals surface area contributed by atoms with E-state index < -0.39 is 11.4 Å². The van der Waals surface area contributed by atoms with Gasteiger partial charge in [-0.2, -0.15) is 0 Å². The standard InChI is InChI=1S/C19H28N2O4/c22-15(11-18(17(24)25)3-1-2-4-18)20-21-16(23)19-8-12-5-13(9-19)7-14(6-12)10-19/h12-14H,1-11H2,(H,20,22)(H,21,23)(H,24,25). The van der Waals surface area contributed by atoms with Crippen molar-refractivity contribution < 1.29 is 19.5 Å². The predicted octanol–water partition coefficient (Wildman–Crippen LogP) is 2.39. The highest BCUT2D eigenvalue weighted by Crippen LogP contribution is 2.60. The highest BCUT2D eigenvalue weighted by atomic mass is 16.4. The van der Waals surface area contributed by atoms with E-state index in [1.165, 1.54) is 19.3 Å². The number of hydrogen-bond acceptors (Lipinski definition) is 3. The average molecular weight is 348 g/mol. The van der Waals surface area contributed by atoms with Gasteiger partial charge in [-0.3, -0.25) is 25.2 Å². The number of carbonyl (C=O) groups excluding carboxylic acids is 2. The van der Waals surface area contributed by atoms with Crippen LogP contribution in [0.5, 0.6) is 0 Å². The SMILES string of the molecule is O=C(CC1(C(=O)O)CCCC1)NNC(=O)C12CC3CC(CC(C3)C1)C2. The molecule has 5 rings (SSSR count). The van der Waals surface area contributed by atoms with E-state index in [9.17, 15) is 19.5 Å². The zero-order valence-electron chi connectivity index (χ0n) is 14.7. The molecule has 0 aliphatic heterocycles. The molecule has 5 saturated carbocycles. The molecule has 4 bridgehead atoms. The van der Waals surface area contributed by atoms with Gasteiger partial charge in [0, 0.05) is 6.42 Å². The molecule has 5 fully saturated rings. The van der Waals surface area contributed by atoms with Crippen LogP contribution in [0.15, 0.2) is 0 Å². The van der Waals surface area contributed by atoms with Gasteiger partial charge in [-0.1, -0.05) is 12.8 Å². The van der Waals surface area contributed by atoms with E-state index in [-0.39, 0.29) is 23.7 Å². The van der Waals surface area contributed by atoms with E-state index in [4.69, 9.17) is 0 Å². The molecule has 0 unspecified atom stereocenters. The second-order valence-electron chi connectivity index (χ2n) is 9.17. The van der Waals surface area contributed by atoms with Crippen molar-refractivity contribution in [3.63, 3.8) is 0 Å². The smallest absolute Gasteiger partial charge is 0.310 e. The number of carbonyl (C=O) groups is 3. The third-order valence-electron chi connectivity index (χ3n) is 7.35. The van der Waals surface area contributed by atoms with Crippen molar-refractivity contribution in [1.82, 2.24) is 10.9 Å². The Kier molecular flexibility index (Phi) is 4.04. The van der Waals surface area contributed by atoms with Crippen LogP contribution in [0.1, 0.15) is 70.6 Å². The maximum Gasteiger partial charge on any atom is 0.310 e. The molecule has 5 aliphatic rings. The molecule has 0 heterocycles. The fraction of sp³-hybridized carbons (Fsp3) is 0.842. The second-order valence-corrected chi connectivity index (χ2v) is 9.17. The summed E-state index contributed by atoms with van der Waals surface area (Å²) in [5.41, 5.74) is 3.90. The van der Waals surface area contributed by atoms with Crippen molar-refractivity contribution in [2.75, 3.05) is 0 Å². The summed E-state index contributed by atoms with van der Waals surface area (Å²) in [6, 6.07) is 0. The third-order valence-corrected chi connectivity index (χ3v) is 7.35. The summed E-state index contributed by atoms with van der Waals surface area (Å²) in [5, 5.41) is 9.48. The van der Waals surface area contributed by atoms with Gasteiger partial charge in [0.05, 0.1) is 10.8 Å². The van der Waals surface area contributed by atoms with E-state index in [1.807, 2.05) is 0 Å². The summed E-state index contributed by atoms with van der Waals surface area (Å²) in [6.45, 7) is 0. The molecular weight excluding hydrogens is 320 g/mol. The molecule has 2 amide bonds. The van der Waals surface area contributed by atoms with Crippen molar-refractivity contribution in [1.29, 1.82) is 0 Å². The van der Waals surface area contributed by atoms with E-state index >= 15 is 0 Å². The Balaban J connectivity index is 1.34. The maximum absolute atomic E-state index is 12.8. The quantitative estimate of drug-likeness (QED) is 0.680. The maximum atomic E-state index is 12.8. The average Bonchev–Trinajstić information content (AvgIpc) is 3.01. The van der Waals surface area contributed by atoms with Gasteiger partial charge in [-0.05, 0) is 69.1 Å². The molecule has 3 N–H and O–H groups in total. The predicted molar refractivity (Wildman–Crippen MR) is 90.0 cm³/mol. The Labute approximate surface area is 148 Å². The molecule has 0 radical (unpaired) electrons. The monoisotopic (exact) mass is 348 g/mol. The molecule has 25 heavy (non-hydrogen) atoms. The van der Waals surface area contributed by atoms with Crippen LogP contribution in [0.25, 0.3) is 0 Å². The van der Waals surface area contributed by atoms with Gasteiger partial charge in [-0.15, -0.1) is 0 Å². The fourth-order valence-electron chi connectivity index (χ4n) is 6.52. The van der Waals surface area contributed by atoms with Gasteiger partial charge < -0.3 is 5.11 Å². The van der Waals surface area contributed by atoms with Gasteiger partial charge in [0.15, 0.2) is 0 Å². The lowest BCUT2D eigenvalue weighted by molar-refractivity contribution is -0.152. The molecule has 0 saturated heterocycles. The molecule has 138 valence electrons. The largest absolute Gasteiger partial charge is 0.481 e. The molecule has 5 aliphatic carbocycles. The zero-order chi connectivity index (χ0) is 17.7. The first-order chi connectivity index (χ1) is 11.9. The minimum Gasteiger partial charge on any atom is -0.481 e. The number of aliphatic carboxylic acids is 1. The van der Waals surface area contributed by atoms with Crippen LogP contribution >= 0.6 is 0 Å². The number of hydrogen-bond donors (Lipinski definition) is 3. The molecule has 0 spiro atoms. The van der Waals surface area contributed by atoms with E-state index in [1.54, 1.807) is 0 Å². The lowest BCUT2D eigenvalue weighted by atomic mass is 9.49. The molecule has 6 nitrogen and oxygen atoms in total. The van der Waals surface area contributed by atoms with Crippen LogP contribution in [-0.4, -0.2) is 22.9 Å². The summed E-state index contributed by atoms with van der Waals surface area (Å²) in [6.07, 6.45) is 9.35. The first kappa shape index (κ1) is 16.9. The van der Waals surface area contributed by atoms with Crippen molar-refractivity contribution in [2.45, 2.75) is 70.6 Å². The molecule has 0 aromatic rings. The minimum atomic E-state index is -0.949. The summed E-state index contributed by atoms with van der Waals surface area (Å²) in [4.78, 5) is 36.6. The molecule has 0 aromatic carbocycles. The Morgan fingerprint density at radius 3 is 1.88 bits per heavy atom. The van der Waals surface area contributed by atoms with Crippen LogP contribution in [-0.2, 0) is 14.4 Å². The molecule has 0 atom stereocenters. The highest BCUT2D eigenvalue weighted by Gasteiger charge is 2.54. The van der Waals surface area contributed by atoms with E-state index in [0.717, 1.165) is 32.1 Å². The van der Waals surface area contributed by atoms with E-state index in [0.29, 0.717) is 30.6 Å². The number of carboxylic acids is 1. The van der Waals surface area contributed by atoms with Crippen LogP contribution in [0.3, 0.4) is 0 Å². The normalized spacial score (nSPS) is 37.7. The van der Waals surface area contributed by atoms with Crippen molar-refractivity contribution in [3.8, 4) is 0 Å². The van der Waals surface area contributed by atoms with Crippen molar-refractivity contribution in [2.24, 2.45) is 28.6 Å². The zero-order valence-corrected chi connectivity index (χ0v) is 14.7. The number of rotatable bonds is 4. The van der Waals surface area contributed by atoms with Gasteiger partial charge in [-0.25, -0.2) is 0 Å². The van der Waals surface area contributed by atoms with Crippen molar-refractivity contribution >= 4 is 17.8 Å². The summed E-state index contributed by atoms with van der Waals surface area (Å²) < 4.78 is 0. The second kappa shape index (κ2) is 5.99. The lowest BCUT2D eigenvalue weighted by Crippen LogP contribution is -2.57. The molecule has 0 aromatic heterocycles. The van der Waals surface area contributed by atoms with Crippen LogP contribution in [0.2, 0.25) is 0 Å². The molecular formula is C19H28N2O4. The number of carboxylic acid groups (broad SMARTS) is 1. The van der Waals surface area contributed by atoms with Gasteiger partial charge in [0.25, 0.3) is 0 Å². The Bertz CT molecular complexity index is 559. The van der Waals surface area contributed by atoms with Crippen LogP contribution in [0.4, 0.5) is 0 Å². The van der Waals surface area contributed by atoms with Crippen LogP contribution in [0, 0.1) is 28.6 Å². The van der Waals surface area contributed by atoms with Crippen LogP contribution < -0.4 is 10.9 Å². The van der Waals surface area contributed by atoms with Gasteiger partial charge >= 0.3 is 5.97 Å². The first-order valence-electron chi connectivity index (χ1n) is 9.74. The summed E-state index contributed by atoms with van der Waals surface area (Å²) in [5.74, 6) is 0.662. The fourth-order valence-corrected chi connectivity index (χ4v) is 6.52. The van der Waals surface area contributed by atoms with E-state index in [2.05, 4.69) is 10.9 Å².